The number of ether oxygens (including phenoxy) is 1. The number of ketones is 2. The number of Topliss-reactive ketones (excluding diaryl/α,β-unsaturated/α-hetero) is 2. The Labute approximate surface area is 170 Å². The van der Waals surface area contributed by atoms with Gasteiger partial charge in [-0.3, -0.25) is 9.59 Å². The van der Waals surface area contributed by atoms with Crippen LogP contribution in [-0.2, 0) is 4.74 Å². The van der Waals surface area contributed by atoms with Crippen molar-refractivity contribution in [2.75, 3.05) is 7.11 Å². The summed E-state index contributed by atoms with van der Waals surface area (Å²) in [6.07, 6.45) is -0.314. The summed E-state index contributed by atoms with van der Waals surface area (Å²) in [5.74, 6) is -0.257. The average molecular weight is 407 g/mol. The van der Waals surface area contributed by atoms with Gasteiger partial charge < -0.3 is 4.74 Å². The molecule has 0 saturated carbocycles. The van der Waals surface area contributed by atoms with Gasteiger partial charge in [0, 0.05) is 18.2 Å². The fourth-order valence-electron chi connectivity index (χ4n) is 2.77. The summed E-state index contributed by atoms with van der Waals surface area (Å²) < 4.78 is 5.64. The largest absolute Gasteiger partial charge is 0.372 e. The molecule has 0 N–H and O–H groups in total. The molecule has 2 aromatic rings. The molecule has 5 heteroatoms. The van der Waals surface area contributed by atoms with Crippen molar-refractivity contribution >= 4 is 34.8 Å². The van der Waals surface area contributed by atoms with Crippen LogP contribution < -0.4 is 0 Å². The third kappa shape index (κ3) is 5.19. The zero-order valence-corrected chi connectivity index (χ0v) is 17.7. The zero-order chi connectivity index (χ0) is 20.4. The summed E-state index contributed by atoms with van der Waals surface area (Å²) in [7, 11) is 1.62. The smallest absolute Gasteiger partial charge is 0.183 e. The fraction of sp³-hybridized carbons (Fsp3) is 0.364. The SMILES string of the molecule is COC(c1ccc(C(=O)C(C)(C)Cl)cc1)c1ccc(C(=O)C(C)(C)Cl)cc1. The second kappa shape index (κ2) is 8.14. The van der Waals surface area contributed by atoms with Gasteiger partial charge >= 0.3 is 0 Å². The molecule has 0 aliphatic rings. The summed E-state index contributed by atoms with van der Waals surface area (Å²) in [5.41, 5.74) is 2.91. The molecule has 0 unspecified atom stereocenters. The van der Waals surface area contributed by atoms with Crippen LogP contribution in [0.1, 0.15) is 65.6 Å². The first-order valence-corrected chi connectivity index (χ1v) is 9.41. The van der Waals surface area contributed by atoms with Crippen molar-refractivity contribution in [2.24, 2.45) is 0 Å². The van der Waals surface area contributed by atoms with Crippen LogP contribution in [0.2, 0.25) is 0 Å². The summed E-state index contributed by atoms with van der Waals surface area (Å²) in [4.78, 5) is 22.6. The second-order valence-electron chi connectivity index (χ2n) is 7.46. The van der Waals surface area contributed by atoms with E-state index in [9.17, 15) is 9.59 Å². The van der Waals surface area contributed by atoms with Crippen LogP contribution >= 0.6 is 23.2 Å². The van der Waals surface area contributed by atoms with Crippen molar-refractivity contribution < 1.29 is 14.3 Å². The van der Waals surface area contributed by atoms with E-state index in [1.54, 1.807) is 59.1 Å². The van der Waals surface area contributed by atoms with Crippen LogP contribution in [0.3, 0.4) is 0 Å². The third-order valence-electron chi connectivity index (χ3n) is 4.27. The molecule has 3 nitrogen and oxygen atoms in total. The number of methoxy groups -OCH3 is 1. The highest BCUT2D eigenvalue weighted by atomic mass is 35.5. The summed E-state index contributed by atoms with van der Waals surface area (Å²) in [6, 6.07) is 14.4. The van der Waals surface area contributed by atoms with Crippen LogP contribution in [-0.4, -0.2) is 28.4 Å². The Balaban J connectivity index is 2.27. The van der Waals surface area contributed by atoms with Crippen LogP contribution in [0.25, 0.3) is 0 Å². The Kier molecular flexibility index (Phi) is 6.51. The molecule has 2 rings (SSSR count). The van der Waals surface area contributed by atoms with Crippen LogP contribution in [0.5, 0.6) is 0 Å². The number of hydrogen-bond acceptors (Lipinski definition) is 3. The molecular formula is C22H24Cl2O3. The van der Waals surface area contributed by atoms with Crippen molar-refractivity contribution in [2.45, 2.75) is 43.5 Å². The van der Waals surface area contributed by atoms with E-state index in [-0.39, 0.29) is 17.7 Å². The number of benzene rings is 2. The van der Waals surface area contributed by atoms with E-state index in [2.05, 4.69) is 0 Å². The van der Waals surface area contributed by atoms with E-state index < -0.39 is 9.75 Å². The van der Waals surface area contributed by atoms with Gasteiger partial charge in [-0.1, -0.05) is 48.5 Å². The molecule has 0 aliphatic carbocycles. The molecule has 0 heterocycles. The Hall–Kier alpha value is -1.68. The molecule has 0 spiro atoms. The number of hydrogen-bond donors (Lipinski definition) is 0. The Morgan fingerprint density at radius 1 is 0.741 bits per heavy atom. The fourth-order valence-corrected chi connectivity index (χ4v) is 2.99. The summed E-state index contributed by atoms with van der Waals surface area (Å²) >= 11 is 12.2. The number of halogens is 2. The molecular weight excluding hydrogens is 383 g/mol. The van der Waals surface area contributed by atoms with E-state index in [0.717, 1.165) is 11.1 Å². The number of rotatable bonds is 7. The standard InChI is InChI=1S/C22H24Cl2O3/c1-21(2,23)19(25)16-10-6-14(7-11-16)18(27-5)15-8-12-17(13-9-15)20(26)22(3,4)24/h6-13,18H,1-5H3. The summed E-state index contributed by atoms with van der Waals surface area (Å²) in [6.45, 7) is 6.70. The van der Waals surface area contributed by atoms with Gasteiger partial charge in [0.15, 0.2) is 11.6 Å². The van der Waals surface area contributed by atoms with E-state index in [0.29, 0.717) is 11.1 Å². The second-order valence-corrected chi connectivity index (χ2v) is 9.35. The quantitative estimate of drug-likeness (QED) is 0.429. The Bertz CT molecular complexity index is 741. The molecule has 27 heavy (non-hydrogen) atoms. The first kappa shape index (κ1) is 21.6. The average Bonchev–Trinajstić information content (AvgIpc) is 2.61. The van der Waals surface area contributed by atoms with E-state index >= 15 is 0 Å². The van der Waals surface area contributed by atoms with Gasteiger partial charge in [-0.05, 0) is 38.8 Å². The Morgan fingerprint density at radius 3 is 1.26 bits per heavy atom. The molecule has 0 amide bonds. The zero-order valence-electron chi connectivity index (χ0n) is 16.2. The van der Waals surface area contributed by atoms with Gasteiger partial charge in [0.2, 0.25) is 0 Å². The van der Waals surface area contributed by atoms with E-state index in [1.165, 1.54) is 0 Å². The van der Waals surface area contributed by atoms with Crippen molar-refractivity contribution in [3.8, 4) is 0 Å². The molecule has 0 aliphatic heterocycles. The molecule has 2 aromatic carbocycles. The maximum Gasteiger partial charge on any atom is 0.183 e. The minimum Gasteiger partial charge on any atom is -0.372 e. The molecule has 0 saturated heterocycles. The third-order valence-corrected chi connectivity index (χ3v) is 4.61. The van der Waals surface area contributed by atoms with E-state index in [4.69, 9.17) is 27.9 Å². The first-order valence-electron chi connectivity index (χ1n) is 8.65. The summed E-state index contributed by atoms with van der Waals surface area (Å²) in [5, 5.41) is 0. The van der Waals surface area contributed by atoms with Crippen LogP contribution in [0.4, 0.5) is 0 Å². The van der Waals surface area contributed by atoms with Crippen LogP contribution in [0.15, 0.2) is 48.5 Å². The van der Waals surface area contributed by atoms with E-state index in [1.807, 2.05) is 24.3 Å². The highest BCUT2D eigenvalue weighted by Crippen LogP contribution is 2.28. The van der Waals surface area contributed by atoms with Crippen molar-refractivity contribution in [3.63, 3.8) is 0 Å². The minimum atomic E-state index is -0.944. The maximum absolute atomic E-state index is 12.3. The normalized spacial score (nSPS) is 12.3. The predicted molar refractivity (Wildman–Crippen MR) is 110 cm³/mol. The number of carbonyl (C=O) groups excluding carboxylic acids is 2. The van der Waals surface area contributed by atoms with Crippen molar-refractivity contribution in [1.82, 2.24) is 0 Å². The van der Waals surface area contributed by atoms with Crippen LogP contribution in [0, 0.1) is 0 Å². The highest BCUT2D eigenvalue weighted by molar-refractivity contribution is 6.37. The van der Waals surface area contributed by atoms with Gasteiger partial charge in [-0.15, -0.1) is 23.2 Å². The molecule has 0 radical (unpaired) electrons. The lowest BCUT2D eigenvalue weighted by Crippen LogP contribution is -2.24. The predicted octanol–water partition coefficient (Wildman–Crippen LogP) is 5.82. The van der Waals surface area contributed by atoms with Crippen molar-refractivity contribution in [3.05, 3.63) is 70.8 Å². The lowest BCUT2D eigenvalue weighted by atomic mass is 9.94. The maximum atomic E-state index is 12.3. The van der Waals surface area contributed by atoms with Gasteiger partial charge in [0.25, 0.3) is 0 Å². The van der Waals surface area contributed by atoms with Crippen molar-refractivity contribution in [1.29, 1.82) is 0 Å². The van der Waals surface area contributed by atoms with Gasteiger partial charge in [0.1, 0.15) is 15.9 Å². The molecule has 0 atom stereocenters. The monoisotopic (exact) mass is 406 g/mol. The van der Waals surface area contributed by atoms with Gasteiger partial charge in [-0.25, -0.2) is 0 Å². The Morgan fingerprint density at radius 2 is 1.04 bits per heavy atom. The van der Waals surface area contributed by atoms with Gasteiger partial charge in [-0.2, -0.15) is 0 Å². The minimum absolute atomic E-state index is 0.128. The molecule has 0 bridgehead atoms. The lowest BCUT2D eigenvalue weighted by Gasteiger charge is -2.19. The lowest BCUT2D eigenvalue weighted by molar-refractivity contribution is 0.0947. The highest BCUT2D eigenvalue weighted by Gasteiger charge is 2.27. The number of carbonyl (C=O) groups is 2. The first-order chi connectivity index (χ1) is 12.4. The number of alkyl halides is 2. The molecule has 144 valence electrons. The molecule has 0 aromatic heterocycles. The molecule has 0 fully saturated rings. The van der Waals surface area contributed by atoms with Gasteiger partial charge in [0.05, 0.1) is 0 Å². The topological polar surface area (TPSA) is 43.4 Å².